The van der Waals surface area contributed by atoms with Gasteiger partial charge >= 0.3 is 0 Å². The molecule has 1 aliphatic carbocycles. The number of fused-ring (bicyclic) bond motifs is 2. The molecule has 4 nitrogen and oxygen atoms in total. The number of allylic oxidation sites excluding steroid dienone is 4. The van der Waals surface area contributed by atoms with Crippen LogP contribution in [0.15, 0.2) is 29.0 Å². The minimum absolute atomic E-state index is 0.626. The second kappa shape index (κ2) is 2.39. The first-order valence-corrected chi connectivity index (χ1v) is 4.24. The summed E-state index contributed by atoms with van der Waals surface area (Å²) in [7, 11) is 0. The standard InChI is InChI=1S/C9H8N4/c1-2-7-4-10-5-9-12-11-6-13(9)8(7)3-1/h1-2,4,6H,3,5H2. The lowest BCUT2D eigenvalue weighted by molar-refractivity contribution is 0.871. The van der Waals surface area contributed by atoms with Gasteiger partial charge in [-0.3, -0.25) is 9.56 Å². The number of hydrogen-bond acceptors (Lipinski definition) is 3. The second-order valence-corrected chi connectivity index (χ2v) is 3.10. The van der Waals surface area contributed by atoms with E-state index in [0.29, 0.717) is 6.54 Å². The summed E-state index contributed by atoms with van der Waals surface area (Å²) >= 11 is 0. The average molecular weight is 172 g/mol. The Bertz CT molecular complexity index is 436. The van der Waals surface area contributed by atoms with Crippen LogP contribution in [0, 0.1) is 0 Å². The Kier molecular flexibility index (Phi) is 1.24. The van der Waals surface area contributed by atoms with Crippen molar-refractivity contribution in [3.63, 3.8) is 0 Å². The van der Waals surface area contributed by atoms with Crippen LogP contribution >= 0.6 is 0 Å². The van der Waals surface area contributed by atoms with Crippen molar-refractivity contribution >= 4 is 11.9 Å². The maximum absolute atomic E-state index is 4.27. The monoisotopic (exact) mass is 172 g/mol. The van der Waals surface area contributed by atoms with E-state index in [0.717, 1.165) is 12.2 Å². The molecule has 0 saturated heterocycles. The fourth-order valence-corrected chi connectivity index (χ4v) is 1.68. The van der Waals surface area contributed by atoms with Crippen LogP contribution in [0.3, 0.4) is 0 Å². The summed E-state index contributed by atoms with van der Waals surface area (Å²) in [6, 6.07) is 0. The Labute approximate surface area is 75.3 Å². The van der Waals surface area contributed by atoms with Gasteiger partial charge in [0, 0.05) is 23.9 Å². The predicted octanol–water partition coefficient (Wildman–Crippen LogP) is 1.03. The largest absolute Gasteiger partial charge is 0.287 e. The molecule has 1 aromatic rings. The van der Waals surface area contributed by atoms with Gasteiger partial charge in [-0.1, -0.05) is 12.2 Å². The number of rotatable bonds is 0. The van der Waals surface area contributed by atoms with Gasteiger partial charge in [-0.25, -0.2) is 0 Å². The van der Waals surface area contributed by atoms with Crippen LogP contribution in [0.5, 0.6) is 0 Å². The lowest BCUT2D eigenvalue weighted by Gasteiger charge is -2.04. The molecule has 64 valence electrons. The fourth-order valence-electron chi connectivity index (χ4n) is 1.68. The van der Waals surface area contributed by atoms with Gasteiger partial charge in [-0.15, -0.1) is 10.2 Å². The molecule has 0 fully saturated rings. The first-order valence-electron chi connectivity index (χ1n) is 4.24. The molecule has 0 unspecified atom stereocenters. The highest BCUT2D eigenvalue weighted by Gasteiger charge is 2.15. The molecule has 0 saturated carbocycles. The third-order valence-corrected chi connectivity index (χ3v) is 2.31. The fraction of sp³-hybridized carbons (Fsp3) is 0.222. The molecule has 0 bridgehead atoms. The predicted molar refractivity (Wildman–Crippen MR) is 49.2 cm³/mol. The normalized spacial score (nSPS) is 18.8. The first-order chi connectivity index (χ1) is 6.45. The van der Waals surface area contributed by atoms with Crippen LogP contribution in [0.25, 0.3) is 5.70 Å². The molecule has 2 heterocycles. The highest BCUT2D eigenvalue weighted by molar-refractivity contribution is 5.92. The summed E-state index contributed by atoms with van der Waals surface area (Å²) in [5.41, 5.74) is 2.42. The number of hydrogen-bond donors (Lipinski definition) is 0. The van der Waals surface area contributed by atoms with E-state index in [-0.39, 0.29) is 0 Å². The zero-order valence-electron chi connectivity index (χ0n) is 7.01. The highest BCUT2D eigenvalue weighted by atomic mass is 15.3. The van der Waals surface area contributed by atoms with Gasteiger partial charge in [0.2, 0.25) is 0 Å². The summed E-state index contributed by atoms with van der Waals surface area (Å²) in [6.07, 6.45) is 8.84. The molecule has 0 radical (unpaired) electrons. The van der Waals surface area contributed by atoms with Crippen molar-refractivity contribution in [2.24, 2.45) is 4.99 Å². The Morgan fingerprint density at radius 3 is 3.38 bits per heavy atom. The van der Waals surface area contributed by atoms with E-state index in [9.17, 15) is 0 Å². The third-order valence-electron chi connectivity index (χ3n) is 2.31. The third kappa shape index (κ3) is 0.884. The first kappa shape index (κ1) is 6.77. The summed E-state index contributed by atoms with van der Waals surface area (Å²) in [5, 5.41) is 7.90. The van der Waals surface area contributed by atoms with E-state index in [1.165, 1.54) is 11.3 Å². The van der Waals surface area contributed by atoms with Crippen LogP contribution in [-0.2, 0) is 6.54 Å². The number of nitrogens with zero attached hydrogens (tertiary/aromatic N) is 4. The molecule has 0 N–H and O–H groups in total. The molecule has 0 atom stereocenters. The molecule has 0 amide bonds. The van der Waals surface area contributed by atoms with Gasteiger partial charge in [0.1, 0.15) is 6.33 Å². The summed E-state index contributed by atoms with van der Waals surface area (Å²) < 4.78 is 2.03. The Balaban J connectivity index is 2.24. The van der Waals surface area contributed by atoms with Crippen molar-refractivity contribution in [3.8, 4) is 0 Å². The molecule has 13 heavy (non-hydrogen) atoms. The van der Waals surface area contributed by atoms with Crippen LogP contribution in [0.4, 0.5) is 0 Å². The molecule has 1 aromatic heterocycles. The lowest BCUT2D eigenvalue weighted by Crippen LogP contribution is -1.99. The molecule has 4 heteroatoms. The summed E-state index contributed by atoms with van der Waals surface area (Å²) in [4.78, 5) is 4.27. The van der Waals surface area contributed by atoms with Gasteiger partial charge in [-0.2, -0.15) is 0 Å². The Hall–Kier alpha value is -1.71. The van der Waals surface area contributed by atoms with Gasteiger partial charge in [0.15, 0.2) is 5.82 Å². The Morgan fingerprint density at radius 1 is 1.38 bits per heavy atom. The zero-order chi connectivity index (χ0) is 8.67. The van der Waals surface area contributed by atoms with Crippen molar-refractivity contribution in [1.29, 1.82) is 0 Å². The zero-order valence-corrected chi connectivity index (χ0v) is 7.01. The molecule has 0 aromatic carbocycles. The van der Waals surface area contributed by atoms with E-state index in [4.69, 9.17) is 0 Å². The molecule has 1 aliphatic heterocycles. The maximum Gasteiger partial charge on any atom is 0.158 e. The maximum atomic E-state index is 4.27. The topological polar surface area (TPSA) is 43.1 Å². The molecule has 3 rings (SSSR count). The van der Waals surface area contributed by atoms with Crippen LogP contribution < -0.4 is 0 Å². The Morgan fingerprint density at radius 2 is 2.38 bits per heavy atom. The van der Waals surface area contributed by atoms with Gasteiger partial charge in [-0.05, 0) is 0 Å². The van der Waals surface area contributed by atoms with Crippen LogP contribution in [0.2, 0.25) is 0 Å². The van der Waals surface area contributed by atoms with Gasteiger partial charge in [0.25, 0.3) is 0 Å². The van der Waals surface area contributed by atoms with E-state index in [2.05, 4.69) is 27.3 Å². The van der Waals surface area contributed by atoms with Crippen molar-refractivity contribution < 1.29 is 0 Å². The summed E-state index contributed by atoms with van der Waals surface area (Å²) in [6.45, 7) is 0.626. The van der Waals surface area contributed by atoms with Gasteiger partial charge in [0.05, 0.1) is 6.54 Å². The molecule has 0 spiro atoms. The SMILES string of the molecule is C1=CC2=C(C1)n1cnnc1CN=C2. The molecular weight excluding hydrogens is 164 g/mol. The summed E-state index contributed by atoms with van der Waals surface area (Å²) in [5.74, 6) is 0.921. The van der Waals surface area contributed by atoms with Gasteiger partial charge < -0.3 is 0 Å². The van der Waals surface area contributed by atoms with Crippen molar-refractivity contribution in [1.82, 2.24) is 14.8 Å². The van der Waals surface area contributed by atoms with Crippen LogP contribution in [0.1, 0.15) is 12.2 Å². The smallest absolute Gasteiger partial charge is 0.158 e. The van der Waals surface area contributed by atoms with E-state index in [1.807, 2.05) is 10.8 Å². The lowest BCUT2D eigenvalue weighted by atomic mass is 10.2. The average Bonchev–Trinajstić information content (AvgIpc) is 2.72. The van der Waals surface area contributed by atoms with Crippen molar-refractivity contribution in [2.45, 2.75) is 13.0 Å². The quantitative estimate of drug-likeness (QED) is 0.586. The van der Waals surface area contributed by atoms with Crippen LogP contribution in [-0.4, -0.2) is 21.0 Å². The number of aromatic nitrogens is 3. The van der Waals surface area contributed by atoms with Crippen molar-refractivity contribution in [3.05, 3.63) is 29.9 Å². The minimum Gasteiger partial charge on any atom is -0.287 e. The second-order valence-electron chi connectivity index (χ2n) is 3.10. The minimum atomic E-state index is 0.626. The van der Waals surface area contributed by atoms with E-state index < -0.39 is 0 Å². The number of aliphatic imine (C=N–C) groups is 1. The van der Waals surface area contributed by atoms with E-state index >= 15 is 0 Å². The highest BCUT2D eigenvalue weighted by Crippen LogP contribution is 2.25. The molecular formula is C9H8N4. The van der Waals surface area contributed by atoms with E-state index in [1.54, 1.807) is 6.33 Å². The van der Waals surface area contributed by atoms with Crippen molar-refractivity contribution in [2.75, 3.05) is 0 Å². The molecule has 2 aliphatic rings.